The first-order valence-electron chi connectivity index (χ1n) is 11.9. The Morgan fingerprint density at radius 3 is 2.65 bits per heavy atom. The molecule has 0 radical (unpaired) electrons. The number of nitrogen functional groups attached to an aromatic ring is 1. The predicted octanol–water partition coefficient (Wildman–Crippen LogP) is 3.02. The number of anilines is 1. The summed E-state index contributed by atoms with van der Waals surface area (Å²) in [5.41, 5.74) is 9.86. The predicted molar refractivity (Wildman–Crippen MR) is 140 cm³/mol. The second-order valence-electron chi connectivity index (χ2n) is 8.83. The maximum absolute atomic E-state index is 12.7. The van der Waals surface area contributed by atoms with Gasteiger partial charge in [-0.05, 0) is 24.1 Å². The number of allylic oxidation sites excluding steroid dienone is 1. The number of fused-ring (bicyclic) bond motifs is 1. The number of methoxy groups -OCH3 is 1. The quantitative estimate of drug-likeness (QED) is 0.334. The van der Waals surface area contributed by atoms with Crippen LogP contribution in [0.25, 0.3) is 22.3 Å². The molecule has 188 valence electrons. The molecule has 1 aliphatic rings. The van der Waals surface area contributed by atoms with Crippen LogP contribution in [0.15, 0.2) is 67.0 Å². The van der Waals surface area contributed by atoms with E-state index in [1.54, 1.807) is 25.3 Å². The Kier molecular flexibility index (Phi) is 6.55. The lowest BCUT2D eigenvalue weighted by Crippen LogP contribution is -2.30. The van der Waals surface area contributed by atoms with Crippen molar-refractivity contribution in [3.8, 4) is 17.0 Å². The van der Waals surface area contributed by atoms with Crippen molar-refractivity contribution in [2.24, 2.45) is 0 Å². The number of para-hydroxylation sites is 1. The number of benzene rings is 2. The number of ether oxygens (including phenoxy) is 1. The first-order chi connectivity index (χ1) is 17.9. The highest BCUT2D eigenvalue weighted by atomic mass is 16.5. The third kappa shape index (κ3) is 4.86. The molecule has 5 rings (SSSR count). The van der Waals surface area contributed by atoms with Gasteiger partial charge in [0, 0.05) is 25.1 Å². The van der Waals surface area contributed by atoms with E-state index in [2.05, 4.69) is 20.6 Å². The summed E-state index contributed by atoms with van der Waals surface area (Å²) in [4.78, 5) is 32.7. The Labute approximate surface area is 213 Å². The topological polar surface area (TPSA) is 137 Å². The third-order valence-electron chi connectivity index (χ3n) is 6.32. The minimum Gasteiger partial charge on any atom is -0.496 e. The monoisotopic (exact) mass is 497 g/mol. The zero-order chi connectivity index (χ0) is 25.9. The Bertz CT molecular complexity index is 1490. The summed E-state index contributed by atoms with van der Waals surface area (Å²) in [6.45, 7) is 1.86. The minimum atomic E-state index is -0.211. The second kappa shape index (κ2) is 10.1. The number of nitrogens with zero attached hydrogens (tertiary/aromatic N) is 4. The average Bonchev–Trinajstić information content (AvgIpc) is 3.52. The summed E-state index contributed by atoms with van der Waals surface area (Å²) in [6, 6.07) is 14.8. The van der Waals surface area contributed by atoms with Crippen LogP contribution < -0.4 is 21.1 Å². The fourth-order valence-electron chi connectivity index (χ4n) is 4.60. The van der Waals surface area contributed by atoms with Crippen LogP contribution in [0.1, 0.15) is 35.3 Å². The summed E-state index contributed by atoms with van der Waals surface area (Å²) < 4.78 is 7.18. The van der Waals surface area contributed by atoms with Crippen LogP contribution in [0, 0.1) is 0 Å². The molecule has 0 saturated carbocycles. The van der Waals surface area contributed by atoms with E-state index in [1.807, 2.05) is 47.2 Å². The second-order valence-corrected chi connectivity index (χ2v) is 8.83. The van der Waals surface area contributed by atoms with Crippen molar-refractivity contribution in [3.05, 3.63) is 78.1 Å². The highest BCUT2D eigenvalue weighted by Gasteiger charge is 2.27. The van der Waals surface area contributed by atoms with E-state index in [9.17, 15) is 9.59 Å². The number of hydrogen-bond acceptors (Lipinski definition) is 7. The molecular weight excluding hydrogens is 470 g/mol. The van der Waals surface area contributed by atoms with Crippen molar-refractivity contribution >= 4 is 28.7 Å². The lowest BCUT2D eigenvalue weighted by molar-refractivity contribution is -0.119. The van der Waals surface area contributed by atoms with Crippen molar-refractivity contribution in [3.63, 3.8) is 0 Å². The molecule has 10 heteroatoms. The Morgan fingerprint density at radius 1 is 1.11 bits per heavy atom. The number of amides is 2. The number of nitrogens with two attached hydrogens (primary N) is 1. The Balaban J connectivity index is 1.40. The van der Waals surface area contributed by atoms with Crippen molar-refractivity contribution in [2.45, 2.75) is 32.0 Å². The van der Waals surface area contributed by atoms with Gasteiger partial charge in [0.1, 0.15) is 17.9 Å². The highest BCUT2D eigenvalue weighted by molar-refractivity contribution is 5.98. The minimum absolute atomic E-state index is 0.0691. The Hall–Kier alpha value is -4.73. The van der Waals surface area contributed by atoms with Crippen molar-refractivity contribution < 1.29 is 14.3 Å². The summed E-state index contributed by atoms with van der Waals surface area (Å²) in [5, 5.41) is 11.3. The van der Waals surface area contributed by atoms with E-state index in [1.165, 1.54) is 13.3 Å². The zero-order valence-electron chi connectivity index (χ0n) is 20.5. The largest absolute Gasteiger partial charge is 0.496 e. The smallest absolute Gasteiger partial charge is 0.255 e. The van der Waals surface area contributed by atoms with Crippen LogP contribution in [0.3, 0.4) is 0 Å². The van der Waals surface area contributed by atoms with Crippen molar-refractivity contribution in [1.29, 1.82) is 0 Å². The maximum atomic E-state index is 12.7. The molecule has 1 aliphatic carbocycles. The van der Waals surface area contributed by atoms with Gasteiger partial charge in [-0.2, -0.15) is 5.10 Å². The molecule has 37 heavy (non-hydrogen) atoms. The zero-order valence-corrected chi connectivity index (χ0v) is 20.5. The SMILES string of the molecule is COc1ccccc1C(=O)NCc1ccc(-c2c3c(N)ncnc3nn2[C@H]2C=C[C@H](NC(C)=O)C2)cc1. The lowest BCUT2D eigenvalue weighted by atomic mass is 10.1. The first-order valence-corrected chi connectivity index (χ1v) is 11.9. The molecule has 0 bridgehead atoms. The molecule has 0 aliphatic heterocycles. The molecule has 0 unspecified atom stereocenters. The lowest BCUT2D eigenvalue weighted by Gasteiger charge is -2.16. The van der Waals surface area contributed by atoms with Gasteiger partial charge in [0.25, 0.3) is 5.91 Å². The number of aromatic nitrogens is 4. The summed E-state index contributed by atoms with van der Waals surface area (Å²) in [6.07, 6.45) is 6.07. The fraction of sp³-hybridized carbons (Fsp3) is 0.222. The molecule has 10 nitrogen and oxygen atoms in total. The van der Waals surface area contributed by atoms with E-state index in [0.29, 0.717) is 41.1 Å². The molecular formula is C27H27N7O3. The molecule has 2 heterocycles. The van der Waals surface area contributed by atoms with Crippen molar-refractivity contribution in [1.82, 2.24) is 30.4 Å². The number of nitrogens with one attached hydrogen (secondary N) is 2. The summed E-state index contributed by atoms with van der Waals surface area (Å²) in [7, 11) is 1.54. The Morgan fingerprint density at radius 2 is 1.89 bits per heavy atom. The standard InChI is InChI=1S/C27H27N7O3/c1-16(35)32-19-11-12-20(13-19)34-24(23-25(28)30-15-31-26(23)33-34)18-9-7-17(8-10-18)14-29-27(36)21-5-3-4-6-22(21)37-2/h3-12,15,19-20H,13-14H2,1-2H3,(H,29,36)(H,32,35)(H2,28,30,31,33)/t19-,20-/m0/s1. The maximum Gasteiger partial charge on any atom is 0.255 e. The molecule has 2 amide bonds. The van der Waals surface area contributed by atoms with Gasteiger partial charge < -0.3 is 21.1 Å². The number of carbonyl (C=O) groups excluding carboxylic acids is 2. The molecule has 2 aromatic carbocycles. The van der Waals surface area contributed by atoms with Gasteiger partial charge in [-0.15, -0.1) is 0 Å². The van der Waals surface area contributed by atoms with Crippen molar-refractivity contribution in [2.75, 3.05) is 12.8 Å². The molecule has 4 aromatic rings. The number of hydrogen-bond donors (Lipinski definition) is 3. The van der Waals surface area contributed by atoms with Crippen LogP contribution in [-0.2, 0) is 11.3 Å². The molecule has 4 N–H and O–H groups in total. The summed E-state index contributed by atoms with van der Waals surface area (Å²) in [5.74, 6) is 0.582. The normalized spacial score (nSPS) is 16.6. The molecule has 0 spiro atoms. The van der Waals surface area contributed by atoms with Crippen LogP contribution in [0.2, 0.25) is 0 Å². The van der Waals surface area contributed by atoms with E-state index in [0.717, 1.165) is 16.8 Å². The highest BCUT2D eigenvalue weighted by Crippen LogP contribution is 2.36. The van der Waals surface area contributed by atoms with Gasteiger partial charge in [0.15, 0.2) is 5.65 Å². The van der Waals surface area contributed by atoms with Gasteiger partial charge in [0.05, 0.1) is 29.8 Å². The van der Waals surface area contributed by atoms with E-state index in [-0.39, 0.29) is 23.9 Å². The van der Waals surface area contributed by atoms with Crippen LogP contribution >= 0.6 is 0 Å². The van der Waals surface area contributed by atoms with E-state index in [4.69, 9.17) is 15.6 Å². The first kappa shape index (κ1) is 24.0. The number of carbonyl (C=O) groups is 2. The average molecular weight is 498 g/mol. The van der Waals surface area contributed by atoms with Gasteiger partial charge >= 0.3 is 0 Å². The van der Waals surface area contributed by atoms with E-state index >= 15 is 0 Å². The van der Waals surface area contributed by atoms with E-state index < -0.39 is 0 Å². The van der Waals surface area contributed by atoms with Gasteiger partial charge in [-0.1, -0.05) is 48.6 Å². The van der Waals surface area contributed by atoms with Crippen LogP contribution in [-0.4, -0.2) is 44.7 Å². The molecule has 2 aromatic heterocycles. The van der Waals surface area contributed by atoms with Gasteiger partial charge in [-0.3, -0.25) is 14.3 Å². The molecule has 0 saturated heterocycles. The molecule has 2 atom stereocenters. The third-order valence-corrected chi connectivity index (χ3v) is 6.32. The number of rotatable bonds is 7. The van der Waals surface area contributed by atoms with Gasteiger partial charge in [0.2, 0.25) is 5.91 Å². The molecule has 0 fully saturated rings. The summed E-state index contributed by atoms with van der Waals surface area (Å²) >= 11 is 0. The van der Waals surface area contributed by atoms with Gasteiger partial charge in [-0.25, -0.2) is 9.97 Å². The fourth-order valence-corrected chi connectivity index (χ4v) is 4.60. The van der Waals surface area contributed by atoms with Crippen LogP contribution in [0.4, 0.5) is 5.82 Å². The van der Waals surface area contributed by atoms with Crippen LogP contribution in [0.5, 0.6) is 5.75 Å².